The molecule has 0 radical (unpaired) electrons. The lowest BCUT2D eigenvalue weighted by atomic mass is 10.1. The molecular weight excluding hydrogens is 272 g/mol. The topological polar surface area (TPSA) is 59.2 Å². The highest BCUT2D eigenvalue weighted by atomic mass is 32.1. The van der Waals surface area contributed by atoms with Gasteiger partial charge in [-0.15, -0.1) is 11.3 Å². The minimum atomic E-state index is 0.177. The number of aromatic nitrogens is 2. The monoisotopic (exact) mass is 286 g/mol. The zero-order valence-electron chi connectivity index (χ0n) is 11.3. The maximum absolute atomic E-state index is 9.66. The van der Waals surface area contributed by atoms with Crippen LogP contribution in [0.15, 0.2) is 34.2 Å². The molecule has 0 unspecified atom stereocenters. The van der Waals surface area contributed by atoms with Crippen molar-refractivity contribution in [2.45, 2.75) is 20.3 Å². The molecule has 3 aromatic rings. The summed E-state index contributed by atoms with van der Waals surface area (Å²) in [5.74, 6) is 1.17. The summed E-state index contributed by atoms with van der Waals surface area (Å²) >= 11 is 1.38. The van der Waals surface area contributed by atoms with Gasteiger partial charge in [-0.25, -0.2) is 0 Å². The summed E-state index contributed by atoms with van der Waals surface area (Å²) < 4.78 is 5.21. The van der Waals surface area contributed by atoms with E-state index in [1.807, 2.05) is 0 Å². The van der Waals surface area contributed by atoms with Crippen molar-refractivity contribution in [2.24, 2.45) is 0 Å². The lowest BCUT2D eigenvalue weighted by Gasteiger charge is -2.01. The molecule has 0 atom stereocenters. The second-order valence-electron chi connectivity index (χ2n) is 4.82. The van der Waals surface area contributed by atoms with Gasteiger partial charge < -0.3 is 9.63 Å². The van der Waals surface area contributed by atoms with Crippen LogP contribution in [-0.2, 0) is 6.42 Å². The minimum absolute atomic E-state index is 0.177. The van der Waals surface area contributed by atoms with Gasteiger partial charge in [0.1, 0.15) is 10.6 Å². The number of hydrogen-bond acceptors (Lipinski definition) is 5. The average molecular weight is 286 g/mol. The molecule has 0 fully saturated rings. The van der Waals surface area contributed by atoms with Crippen LogP contribution < -0.4 is 0 Å². The molecule has 5 heteroatoms. The van der Waals surface area contributed by atoms with Crippen molar-refractivity contribution >= 4 is 11.3 Å². The molecular formula is C15H14N2O2S. The molecule has 4 nitrogen and oxygen atoms in total. The molecule has 102 valence electrons. The molecule has 2 heterocycles. The standard InChI is InChI=1S/C15H14N2O2S/c1-9-5-10(2)7-11(6-9)8-13-16-15(19-17-13)14-12(18)3-4-20-14/h3-7,18H,8H2,1-2H3. The summed E-state index contributed by atoms with van der Waals surface area (Å²) in [5.41, 5.74) is 3.60. The van der Waals surface area contributed by atoms with Gasteiger partial charge in [-0.2, -0.15) is 4.98 Å². The molecule has 0 spiro atoms. The van der Waals surface area contributed by atoms with Crippen molar-refractivity contribution in [2.75, 3.05) is 0 Å². The van der Waals surface area contributed by atoms with Gasteiger partial charge in [0.25, 0.3) is 5.89 Å². The van der Waals surface area contributed by atoms with E-state index in [1.54, 1.807) is 11.4 Å². The summed E-state index contributed by atoms with van der Waals surface area (Å²) in [6, 6.07) is 7.99. The first-order valence-corrected chi connectivity index (χ1v) is 7.16. The fourth-order valence-electron chi connectivity index (χ4n) is 2.23. The van der Waals surface area contributed by atoms with Gasteiger partial charge in [-0.05, 0) is 30.9 Å². The molecule has 3 rings (SSSR count). The van der Waals surface area contributed by atoms with Crippen LogP contribution in [0.5, 0.6) is 5.75 Å². The predicted molar refractivity (Wildman–Crippen MR) is 78.0 cm³/mol. The first kappa shape index (κ1) is 12.9. The van der Waals surface area contributed by atoms with Crippen LogP contribution >= 0.6 is 11.3 Å². The summed E-state index contributed by atoms with van der Waals surface area (Å²) in [6.07, 6.45) is 0.623. The van der Waals surface area contributed by atoms with E-state index in [0.717, 1.165) is 5.56 Å². The largest absolute Gasteiger partial charge is 0.506 e. The molecule has 0 amide bonds. The molecule has 1 N–H and O–H groups in total. The molecule has 0 saturated carbocycles. The molecule has 0 aliphatic heterocycles. The Morgan fingerprint density at radius 3 is 2.60 bits per heavy atom. The number of aromatic hydroxyl groups is 1. The minimum Gasteiger partial charge on any atom is -0.506 e. The molecule has 0 bridgehead atoms. The highest BCUT2D eigenvalue weighted by Gasteiger charge is 2.14. The van der Waals surface area contributed by atoms with E-state index >= 15 is 0 Å². The summed E-state index contributed by atoms with van der Waals surface area (Å²) in [4.78, 5) is 4.96. The van der Waals surface area contributed by atoms with Gasteiger partial charge in [-0.3, -0.25) is 0 Å². The quantitative estimate of drug-likeness (QED) is 0.797. The Bertz CT molecular complexity index is 726. The van der Waals surface area contributed by atoms with Crippen molar-refractivity contribution in [1.29, 1.82) is 0 Å². The van der Waals surface area contributed by atoms with Crippen LogP contribution in [-0.4, -0.2) is 15.2 Å². The second kappa shape index (κ2) is 5.09. The van der Waals surface area contributed by atoms with Crippen LogP contribution in [0.3, 0.4) is 0 Å². The second-order valence-corrected chi connectivity index (χ2v) is 5.74. The van der Waals surface area contributed by atoms with Gasteiger partial charge >= 0.3 is 0 Å². The van der Waals surface area contributed by atoms with E-state index in [-0.39, 0.29) is 5.75 Å². The number of rotatable bonds is 3. The van der Waals surface area contributed by atoms with Gasteiger partial charge in [0.05, 0.1) is 0 Å². The lowest BCUT2D eigenvalue weighted by Crippen LogP contribution is -1.92. The number of hydrogen-bond donors (Lipinski definition) is 1. The van der Waals surface area contributed by atoms with E-state index in [9.17, 15) is 5.11 Å². The van der Waals surface area contributed by atoms with E-state index in [0.29, 0.717) is 23.0 Å². The Kier molecular flexibility index (Phi) is 3.28. The highest BCUT2D eigenvalue weighted by Crippen LogP contribution is 2.33. The lowest BCUT2D eigenvalue weighted by molar-refractivity contribution is 0.420. The Morgan fingerprint density at radius 2 is 1.95 bits per heavy atom. The number of benzene rings is 1. The van der Waals surface area contributed by atoms with Crippen molar-refractivity contribution in [3.05, 3.63) is 52.2 Å². The van der Waals surface area contributed by atoms with E-state index < -0.39 is 0 Å². The Morgan fingerprint density at radius 1 is 1.20 bits per heavy atom. The smallest absolute Gasteiger partial charge is 0.271 e. The number of thiophene rings is 1. The molecule has 0 aliphatic rings. The van der Waals surface area contributed by atoms with E-state index in [4.69, 9.17) is 4.52 Å². The average Bonchev–Trinajstić information content (AvgIpc) is 2.96. The van der Waals surface area contributed by atoms with Gasteiger partial charge in [0.15, 0.2) is 5.82 Å². The Balaban J connectivity index is 1.86. The van der Waals surface area contributed by atoms with Crippen molar-refractivity contribution in [3.63, 3.8) is 0 Å². The first-order chi connectivity index (χ1) is 9.61. The fourth-order valence-corrected chi connectivity index (χ4v) is 2.94. The summed E-state index contributed by atoms with van der Waals surface area (Å²) in [7, 11) is 0. The van der Waals surface area contributed by atoms with Crippen molar-refractivity contribution in [1.82, 2.24) is 10.1 Å². The summed E-state index contributed by atoms with van der Waals surface area (Å²) in [6.45, 7) is 4.14. The van der Waals surface area contributed by atoms with Crippen LogP contribution in [0.4, 0.5) is 0 Å². The van der Waals surface area contributed by atoms with E-state index in [2.05, 4.69) is 42.2 Å². The van der Waals surface area contributed by atoms with Crippen LogP contribution in [0.2, 0.25) is 0 Å². The molecule has 2 aromatic heterocycles. The zero-order chi connectivity index (χ0) is 14.1. The highest BCUT2D eigenvalue weighted by molar-refractivity contribution is 7.13. The van der Waals surface area contributed by atoms with Gasteiger partial charge in [0.2, 0.25) is 0 Å². The van der Waals surface area contributed by atoms with Gasteiger partial charge in [0, 0.05) is 6.42 Å². The molecule has 0 aliphatic carbocycles. The van der Waals surface area contributed by atoms with E-state index in [1.165, 1.54) is 22.5 Å². The Labute approximate surface area is 120 Å². The van der Waals surface area contributed by atoms with Crippen molar-refractivity contribution < 1.29 is 9.63 Å². The number of aryl methyl sites for hydroxylation is 2. The molecule has 0 saturated heterocycles. The maximum atomic E-state index is 9.66. The normalized spacial score (nSPS) is 10.9. The van der Waals surface area contributed by atoms with Crippen LogP contribution in [0.1, 0.15) is 22.5 Å². The Hall–Kier alpha value is -2.14. The maximum Gasteiger partial charge on any atom is 0.271 e. The van der Waals surface area contributed by atoms with Crippen LogP contribution in [0.25, 0.3) is 10.8 Å². The number of nitrogens with zero attached hydrogens (tertiary/aromatic N) is 2. The fraction of sp³-hybridized carbons (Fsp3) is 0.200. The predicted octanol–water partition coefficient (Wildman–Crippen LogP) is 3.71. The first-order valence-electron chi connectivity index (χ1n) is 6.28. The molecule has 1 aromatic carbocycles. The third-order valence-corrected chi connectivity index (χ3v) is 3.84. The third-order valence-electron chi connectivity index (χ3n) is 2.95. The van der Waals surface area contributed by atoms with Gasteiger partial charge in [-0.1, -0.05) is 34.5 Å². The third kappa shape index (κ3) is 2.58. The zero-order valence-corrected chi connectivity index (χ0v) is 12.1. The van der Waals surface area contributed by atoms with Crippen LogP contribution in [0, 0.1) is 13.8 Å². The summed E-state index contributed by atoms with van der Waals surface area (Å²) in [5, 5.41) is 15.4. The molecule has 20 heavy (non-hydrogen) atoms. The van der Waals surface area contributed by atoms with Crippen molar-refractivity contribution in [3.8, 4) is 16.5 Å². The SMILES string of the molecule is Cc1cc(C)cc(Cc2noc(-c3sccc3O)n2)c1.